The number of benzene rings is 2. The maximum atomic E-state index is 11.9. The molecule has 0 radical (unpaired) electrons. The fourth-order valence-corrected chi connectivity index (χ4v) is 4.01. The van der Waals surface area contributed by atoms with Crippen LogP contribution in [0.1, 0.15) is 5.01 Å². The van der Waals surface area contributed by atoms with Crippen molar-refractivity contribution in [2.24, 2.45) is 15.9 Å². The summed E-state index contributed by atoms with van der Waals surface area (Å²) < 4.78 is 27.1. The molecule has 3 aromatic rings. The third-order valence-electron chi connectivity index (χ3n) is 3.69. The van der Waals surface area contributed by atoms with Gasteiger partial charge in [0.05, 0.1) is 10.6 Å². The van der Waals surface area contributed by atoms with Gasteiger partial charge in [0.1, 0.15) is 16.6 Å². The first-order valence-electron chi connectivity index (χ1n) is 8.23. The van der Waals surface area contributed by atoms with Crippen molar-refractivity contribution in [2.75, 3.05) is 5.32 Å². The van der Waals surface area contributed by atoms with Crippen LogP contribution in [0, 0.1) is 11.3 Å². The average Bonchev–Trinajstić information content (AvgIpc) is 3.19. The zero-order valence-corrected chi connectivity index (χ0v) is 16.6. The summed E-state index contributed by atoms with van der Waals surface area (Å²) in [4.78, 5) is 4.46. The lowest BCUT2D eigenvalue weighted by molar-refractivity contribution is 0.598. The van der Waals surface area contributed by atoms with E-state index in [4.69, 9.17) is 11.5 Å². The molecule has 0 saturated carbocycles. The molecule has 0 fully saturated rings. The van der Waals surface area contributed by atoms with Gasteiger partial charge in [-0.1, -0.05) is 30.3 Å². The third-order valence-corrected chi connectivity index (χ3v) is 5.88. The number of hydrogen-bond donors (Lipinski definition) is 3. The molecule has 5 N–H and O–H groups in total. The number of nitrogens with zero attached hydrogens (tertiary/aromatic N) is 3. The number of nitriles is 1. The van der Waals surface area contributed by atoms with Crippen molar-refractivity contribution in [3.63, 3.8) is 0 Å². The number of rotatable bonds is 6. The van der Waals surface area contributed by atoms with Gasteiger partial charge in [0.2, 0.25) is 5.96 Å². The number of hydrogen-bond acceptors (Lipinski definition) is 6. The molecule has 0 spiro atoms. The van der Waals surface area contributed by atoms with Gasteiger partial charge in [0.25, 0.3) is 10.0 Å². The van der Waals surface area contributed by atoms with Crippen molar-refractivity contribution in [3.8, 4) is 17.3 Å². The van der Waals surface area contributed by atoms with Crippen molar-refractivity contribution in [1.82, 2.24) is 4.98 Å². The van der Waals surface area contributed by atoms with Crippen LogP contribution in [-0.4, -0.2) is 19.4 Å². The molecule has 10 heteroatoms. The van der Waals surface area contributed by atoms with Gasteiger partial charge in [-0.25, -0.2) is 4.98 Å². The Morgan fingerprint density at radius 3 is 2.45 bits per heavy atom. The molecule has 0 amide bonds. The van der Waals surface area contributed by atoms with Gasteiger partial charge in [0.15, 0.2) is 0 Å². The second kappa shape index (κ2) is 8.55. The van der Waals surface area contributed by atoms with E-state index >= 15 is 0 Å². The van der Waals surface area contributed by atoms with Gasteiger partial charge in [0, 0.05) is 22.8 Å². The fourth-order valence-electron chi connectivity index (χ4n) is 2.35. The summed E-state index contributed by atoms with van der Waals surface area (Å²) in [6.07, 6.45) is 1.52. The maximum absolute atomic E-state index is 11.9. The minimum Gasteiger partial charge on any atom is -0.369 e. The van der Waals surface area contributed by atoms with Crippen LogP contribution in [0.3, 0.4) is 0 Å². The minimum atomic E-state index is -3.94. The van der Waals surface area contributed by atoms with Crippen molar-refractivity contribution in [3.05, 3.63) is 71.2 Å². The Balaban J connectivity index is 1.77. The molecule has 0 atom stereocenters. The van der Waals surface area contributed by atoms with Crippen LogP contribution in [0.25, 0.3) is 16.8 Å². The summed E-state index contributed by atoms with van der Waals surface area (Å²) >= 11 is 1.36. The van der Waals surface area contributed by atoms with E-state index < -0.39 is 16.0 Å². The predicted molar refractivity (Wildman–Crippen MR) is 114 cm³/mol. The highest BCUT2D eigenvalue weighted by molar-refractivity contribution is 7.90. The van der Waals surface area contributed by atoms with E-state index in [2.05, 4.69) is 20.8 Å². The topological polar surface area (TPSA) is 147 Å². The normalized spacial score (nSPS) is 11.5. The van der Waals surface area contributed by atoms with Crippen LogP contribution < -0.4 is 16.8 Å². The summed E-state index contributed by atoms with van der Waals surface area (Å²) in [5.41, 5.74) is 13.0. The van der Waals surface area contributed by atoms with Crippen LogP contribution in [-0.2, 0) is 10.0 Å². The highest BCUT2D eigenvalue weighted by Gasteiger charge is 2.13. The Labute approximate surface area is 171 Å². The monoisotopic (exact) mass is 424 g/mol. The molecular formula is C19H16N6O2S2. The highest BCUT2D eigenvalue weighted by Crippen LogP contribution is 2.26. The van der Waals surface area contributed by atoms with E-state index in [0.29, 0.717) is 16.3 Å². The van der Waals surface area contributed by atoms with E-state index in [1.165, 1.54) is 41.8 Å². The summed E-state index contributed by atoms with van der Waals surface area (Å²) in [6, 6.07) is 17.6. The number of sulfonamides is 1. The van der Waals surface area contributed by atoms with Crippen molar-refractivity contribution >= 4 is 38.6 Å². The summed E-state index contributed by atoms with van der Waals surface area (Å²) in [5.74, 6) is -0.535. The number of nitrogens with one attached hydrogen (secondary N) is 1. The smallest absolute Gasteiger partial charge is 0.285 e. The number of aromatic nitrogens is 1. The fraction of sp³-hybridized carbons (Fsp3) is 0. The number of anilines is 1. The van der Waals surface area contributed by atoms with Gasteiger partial charge in [-0.15, -0.1) is 15.7 Å². The Bertz CT molecular complexity index is 1200. The molecule has 146 valence electrons. The van der Waals surface area contributed by atoms with Crippen molar-refractivity contribution in [2.45, 2.75) is 4.90 Å². The van der Waals surface area contributed by atoms with Crippen LogP contribution in [0.5, 0.6) is 0 Å². The molecule has 29 heavy (non-hydrogen) atoms. The molecule has 2 aromatic carbocycles. The number of thiazole rings is 1. The van der Waals surface area contributed by atoms with Crippen LogP contribution in [0.15, 0.2) is 75.5 Å². The standard InChI is InChI=1S/C19H16N6O2S2/c20-10-14(18-24-17(12-28-18)13-4-2-1-3-5-13)11-23-15-6-8-16(9-7-15)29(26,27)25-19(21)22/h1-9,11-12,23H,(H4,21,22,25)/b14-11+. The first kappa shape index (κ1) is 20.1. The second-order valence-electron chi connectivity index (χ2n) is 5.73. The quantitative estimate of drug-likeness (QED) is 0.313. The van der Waals surface area contributed by atoms with Crippen molar-refractivity contribution < 1.29 is 8.42 Å². The lowest BCUT2D eigenvalue weighted by atomic mass is 10.2. The SMILES string of the molecule is N#C/C(=C\Nc1ccc(S(=O)(=O)N=C(N)N)cc1)c1nc(-c2ccccc2)cs1. The van der Waals surface area contributed by atoms with Crippen molar-refractivity contribution in [1.29, 1.82) is 5.26 Å². The zero-order chi connectivity index (χ0) is 20.9. The Hall–Kier alpha value is -3.68. The molecule has 0 unspecified atom stereocenters. The van der Waals surface area contributed by atoms with E-state index in [1.807, 2.05) is 35.7 Å². The van der Waals surface area contributed by atoms with Gasteiger partial charge in [-0.3, -0.25) is 0 Å². The lowest BCUT2D eigenvalue weighted by Gasteiger charge is -2.03. The van der Waals surface area contributed by atoms with Crippen LogP contribution in [0.2, 0.25) is 0 Å². The average molecular weight is 425 g/mol. The number of allylic oxidation sites excluding steroid dienone is 1. The number of guanidine groups is 1. The molecule has 0 saturated heterocycles. The van der Waals surface area contributed by atoms with E-state index in [0.717, 1.165) is 11.3 Å². The van der Waals surface area contributed by atoms with E-state index in [-0.39, 0.29) is 4.90 Å². The summed E-state index contributed by atoms with van der Waals surface area (Å²) in [5, 5.41) is 14.9. The van der Waals surface area contributed by atoms with E-state index in [9.17, 15) is 13.7 Å². The molecule has 0 aliphatic carbocycles. The Morgan fingerprint density at radius 1 is 1.14 bits per heavy atom. The molecule has 1 heterocycles. The molecule has 0 bridgehead atoms. The minimum absolute atomic E-state index is 0.0478. The van der Waals surface area contributed by atoms with E-state index in [1.54, 1.807) is 0 Å². The van der Waals surface area contributed by atoms with Gasteiger partial charge >= 0.3 is 0 Å². The van der Waals surface area contributed by atoms with Gasteiger partial charge in [-0.05, 0) is 24.3 Å². The molecular weight excluding hydrogens is 408 g/mol. The molecule has 0 aliphatic heterocycles. The van der Waals surface area contributed by atoms with Gasteiger partial charge < -0.3 is 16.8 Å². The highest BCUT2D eigenvalue weighted by atomic mass is 32.2. The molecule has 0 aliphatic rings. The molecule has 3 rings (SSSR count). The summed E-state index contributed by atoms with van der Waals surface area (Å²) in [6.45, 7) is 0. The predicted octanol–water partition coefficient (Wildman–Crippen LogP) is 2.75. The first-order valence-corrected chi connectivity index (χ1v) is 10.5. The first-order chi connectivity index (χ1) is 13.9. The Kier molecular flexibility index (Phi) is 5.92. The third kappa shape index (κ3) is 4.98. The molecule has 1 aromatic heterocycles. The van der Waals surface area contributed by atoms with Gasteiger partial charge in [-0.2, -0.15) is 13.7 Å². The summed E-state index contributed by atoms with van der Waals surface area (Å²) in [7, 11) is -3.94. The van der Waals surface area contributed by atoms with Crippen LogP contribution >= 0.6 is 11.3 Å². The van der Waals surface area contributed by atoms with Crippen LogP contribution in [0.4, 0.5) is 5.69 Å². The number of nitrogens with two attached hydrogens (primary N) is 2. The largest absolute Gasteiger partial charge is 0.369 e. The zero-order valence-electron chi connectivity index (χ0n) is 15.0. The lowest BCUT2D eigenvalue weighted by Crippen LogP contribution is -2.24. The maximum Gasteiger partial charge on any atom is 0.285 e. The molecule has 8 nitrogen and oxygen atoms in total. The second-order valence-corrected chi connectivity index (χ2v) is 8.20. The Morgan fingerprint density at radius 2 is 1.83 bits per heavy atom.